The second-order valence-corrected chi connectivity index (χ2v) is 6.23. The zero-order valence-corrected chi connectivity index (χ0v) is 15.1. The molecule has 0 bridgehead atoms. The van der Waals surface area contributed by atoms with Gasteiger partial charge in [0.2, 0.25) is 11.8 Å². The Hall–Kier alpha value is -1.84. The van der Waals surface area contributed by atoms with E-state index in [2.05, 4.69) is 27.7 Å². The summed E-state index contributed by atoms with van der Waals surface area (Å²) in [5.74, 6) is 0.349. The van der Waals surface area contributed by atoms with Crippen LogP contribution in [0.1, 0.15) is 58.9 Å². The van der Waals surface area contributed by atoms with Crippen LogP contribution < -0.4 is 4.90 Å². The van der Waals surface area contributed by atoms with Gasteiger partial charge < -0.3 is 9.80 Å². The predicted molar refractivity (Wildman–Crippen MR) is 95.7 cm³/mol. The van der Waals surface area contributed by atoms with Crippen LogP contribution in [0.2, 0.25) is 0 Å². The van der Waals surface area contributed by atoms with Crippen molar-refractivity contribution in [1.82, 2.24) is 4.90 Å². The van der Waals surface area contributed by atoms with E-state index >= 15 is 0 Å². The van der Waals surface area contributed by atoms with Crippen LogP contribution in [0.4, 0.5) is 5.69 Å². The minimum Gasteiger partial charge on any atom is -0.341 e. The van der Waals surface area contributed by atoms with Crippen molar-refractivity contribution >= 4 is 17.5 Å². The molecule has 4 nitrogen and oxygen atoms in total. The first kappa shape index (κ1) is 19.2. The predicted octanol–water partition coefficient (Wildman–Crippen LogP) is 3.81. The summed E-state index contributed by atoms with van der Waals surface area (Å²) in [5.41, 5.74) is 2.00. The Morgan fingerprint density at radius 1 is 1.00 bits per heavy atom. The molecule has 0 spiro atoms. The maximum Gasteiger partial charge on any atom is 0.242 e. The lowest BCUT2D eigenvalue weighted by Crippen LogP contribution is -2.43. The third-order valence-corrected chi connectivity index (χ3v) is 3.88. The number of carbonyl (C=O) groups is 2. The lowest BCUT2D eigenvalue weighted by molar-refractivity contribution is -0.131. The van der Waals surface area contributed by atoms with E-state index in [9.17, 15) is 9.59 Å². The minimum absolute atomic E-state index is 0.0110. The van der Waals surface area contributed by atoms with Crippen molar-refractivity contribution in [3.05, 3.63) is 29.8 Å². The summed E-state index contributed by atoms with van der Waals surface area (Å²) in [7, 11) is 0. The number of hydrogen-bond donors (Lipinski definition) is 0. The van der Waals surface area contributed by atoms with E-state index in [0.29, 0.717) is 5.92 Å². The van der Waals surface area contributed by atoms with Crippen LogP contribution >= 0.6 is 0 Å². The Labute approximate surface area is 140 Å². The molecular weight excluding hydrogens is 288 g/mol. The number of amides is 2. The van der Waals surface area contributed by atoms with Gasteiger partial charge in [0, 0.05) is 25.7 Å². The van der Waals surface area contributed by atoms with Crippen LogP contribution in [0.3, 0.4) is 0 Å². The van der Waals surface area contributed by atoms with E-state index in [-0.39, 0.29) is 18.4 Å². The third-order valence-electron chi connectivity index (χ3n) is 3.88. The fraction of sp³-hybridized carbons (Fsp3) is 0.579. The summed E-state index contributed by atoms with van der Waals surface area (Å²) in [4.78, 5) is 27.9. The summed E-state index contributed by atoms with van der Waals surface area (Å²) in [6, 6.07) is 7.90. The van der Waals surface area contributed by atoms with Crippen molar-refractivity contribution in [2.45, 2.75) is 53.4 Å². The van der Waals surface area contributed by atoms with Crippen molar-refractivity contribution in [2.24, 2.45) is 0 Å². The number of hydrogen-bond acceptors (Lipinski definition) is 2. The van der Waals surface area contributed by atoms with Gasteiger partial charge in [-0.1, -0.05) is 39.8 Å². The first-order valence-corrected chi connectivity index (χ1v) is 8.56. The van der Waals surface area contributed by atoms with E-state index in [1.165, 1.54) is 12.5 Å². The molecule has 1 aromatic carbocycles. The Morgan fingerprint density at radius 2 is 1.52 bits per heavy atom. The highest BCUT2D eigenvalue weighted by Crippen LogP contribution is 2.20. The molecule has 0 N–H and O–H groups in total. The molecule has 0 radical (unpaired) electrons. The van der Waals surface area contributed by atoms with Crippen LogP contribution in [-0.4, -0.2) is 36.3 Å². The molecule has 0 saturated carbocycles. The van der Waals surface area contributed by atoms with E-state index in [1.807, 2.05) is 29.2 Å². The van der Waals surface area contributed by atoms with Crippen molar-refractivity contribution in [1.29, 1.82) is 0 Å². The van der Waals surface area contributed by atoms with Gasteiger partial charge in [0.25, 0.3) is 0 Å². The molecule has 128 valence electrons. The standard InChI is InChI=1S/C19H30N2O2/c1-6-12-20(13-7-2)19(23)14-21(16(5)22)18-10-8-17(9-11-18)15(3)4/h8-11,15H,6-7,12-14H2,1-5H3. The highest BCUT2D eigenvalue weighted by atomic mass is 16.2. The number of rotatable bonds is 8. The van der Waals surface area contributed by atoms with E-state index in [4.69, 9.17) is 0 Å². The van der Waals surface area contributed by atoms with E-state index in [1.54, 1.807) is 4.90 Å². The van der Waals surface area contributed by atoms with Crippen LogP contribution in [-0.2, 0) is 9.59 Å². The molecular formula is C19H30N2O2. The van der Waals surface area contributed by atoms with Gasteiger partial charge in [-0.2, -0.15) is 0 Å². The third kappa shape index (κ3) is 5.70. The van der Waals surface area contributed by atoms with Gasteiger partial charge >= 0.3 is 0 Å². The molecule has 1 rings (SSSR count). The summed E-state index contributed by atoms with van der Waals surface area (Å²) < 4.78 is 0. The monoisotopic (exact) mass is 318 g/mol. The normalized spacial score (nSPS) is 10.7. The molecule has 0 unspecified atom stereocenters. The van der Waals surface area contributed by atoms with Gasteiger partial charge in [-0.15, -0.1) is 0 Å². The first-order chi connectivity index (χ1) is 10.9. The Kier molecular flexibility index (Phi) is 7.79. The lowest BCUT2D eigenvalue weighted by Gasteiger charge is -2.27. The van der Waals surface area contributed by atoms with Crippen LogP contribution in [0.25, 0.3) is 0 Å². The van der Waals surface area contributed by atoms with Crippen molar-refractivity contribution in [3.63, 3.8) is 0 Å². The summed E-state index contributed by atoms with van der Waals surface area (Å²) in [6.45, 7) is 11.5. The molecule has 1 aromatic rings. The second-order valence-electron chi connectivity index (χ2n) is 6.23. The molecule has 2 amide bonds. The van der Waals surface area contributed by atoms with E-state index in [0.717, 1.165) is 31.6 Å². The number of anilines is 1. The fourth-order valence-corrected chi connectivity index (χ4v) is 2.56. The first-order valence-electron chi connectivity index (χ1n) is 8.56. The number of nitrogens with zero attached hydrogens (tertiary/aromatic N) is 2. The van der Waals surface area contributed by atoms with Gasteiger partial charge in [-0.05, 0) is 36.5 Å². The molecule has 4 heteroatoms. The molecule has 0 heterocycles. The van der Waals surface area contributed by atoms with Gasteiger partial charge in [0.1, 0.15) is 6.54 Å². The lowest BCUT2D eigenvalue weighted by atomic mass is 10.0. The minimum atomic E-state index is -0.108. The van der Waals surface area contributed by atoms with E-state index < -0.39 is 0 Å². The molecule has 0 fully saturated rings. The maximum absolute atomic E-state index is 12.5. The molecule has 0 aliphatic rings. The Morgan fingerprint density at radius 3 is 1.91 bits per heavy atom. The van der Waals surface area contributed by atoms with Gasteiger partial charge in [0.05, 0.1) is 0 Å². The van der Waals surface area contributed by atoms with Gasteiger partial charge in [0.15, 0.2) is 0 Å². The zero-order chi connectivity index (χ0) is 17.4. The van der Waals surface area contributed by atoms with Gasteiger partial charge in [-0.25, -0.2) is 0 Å². The Bertz CT molecular complexity index is 503. The Balaban J connectivity index is 2.89. The summed E-state index contributed by atoms with van der Waals surface area (Å²) in [6.07, 6.45) is 1.85. The molecule has 0 saturated heterocycles. The summed E-state index contributed by atoms with van der Waals surface area (Å²) in [5, 5.41) is 0. The highest BCUT2D eigenvalue weighted by molar-refractivity contribution is 5.97. The maximum atomic E-state index is 12.5. The zero-order valence-electron chi connectivity index (χ0n) is 15.1. The van der Waals surface area contributed by atoms with Crippen LogP contribution in [0, 0.1) is 0 Å². The molecule has 0 atom stereocenters. The SMILES string of the molecule is CCCN(CCC)C(=O)CN(C(C)=O)c1ccc(C(C)C)cc1. The van der Waals surface area contributed by atoms with Crippen molar-refractivity contribution in [3.8, 4) is 0 Å². The second kappa shape index (κ2) is 9.33. The average molecular weight is 318 g/mol. The molecule has 23 heavy (non-hydrogen) atoms. The summed E-state index contributed by atoms with van der Waals surface area (Å²) >= 11 is 0. The van der Waals surface area contributed by atoms with Crippen molar-refractivity contribution < 1.29 is 9.59 Å². The number of benzene rings is 1. The fourth-order valence-electron chi connectivity index (χ4n) is 2.56. The molecule has 0 aliphatic heterocycles. The largest absolute Gasteiger partial charge is 0.341 e. The quantitative estimate of drug-likeness (QED) is 0.731. The number of carbonyl (C=O) groups excluding carboxylic acids is 2. The van der Waals surface area contributed by atoms with Gasteiger partial charge in [-0.3, -0.25) is 9.59 Å². The smallest absolute Gasteiger partial charge is 0.242 e. The molecule has 0 aliphatic carbocycles. The molecule has 0 aromatic heterocycles. The highest BCUT2D eigenvalue weighted by Gasteiger charge is 2.19. The topological polar surface area (TPSA) is 40.6 Å². The average Bonchev–Trinajstić information content (AvgIpc) is 2.52. The van der Waals surface area contributed by atoms with Crippen LogP contribution in [0.15, 0.2) is 24.3 Å². The van der Waals surface area contributed by atoms with Crippen LogP contribution in [0.5, 0.6) is 0 Å². The van der Waals surface area contributed by atoms with Crippen molar-refractivity contribution in [2.75, 3.05) is 24.5 Å².